The summed E-state index contributed by atoms with van der Waals surface area (Å²) in [5.74, 6) is -1.17. The van der Waals surface area contributed by atoms with E-state index in [2.05, 4.69) is 17.1 Å². The van der Waals surface area contributed by atoms with E-state index in [1.807, 2.05) is 4.68 Å². The van der Waals surface area contributed by atoms with E-state index in [0.29, 0.717) is 22.8 Å². The van der Waals surface area contributed by atoms with E-state index in [1.54, 1.807) is 19.2 Å². The molecule has 0 spiro atoms. The molecule has 0 amide bonds. The Bertz CT molecular complexity index is 656. The number of nitrogens with one attached hydrogen (secondary N) is 1. The summed E-state index contributed by atoms with van der Waals surface area (Å²) in [7, 11) is 2.19. The average molecular weight is 274 g/mol. The van der Waals surface area contributed by atoms with Crippen LogP contribution in [0.2, 0.25) is 0 Å². The van der Waals surface area contributed by atoms with Crippen LogP contribution in [0.15, 0.2) is 12.3 Å². The Hall–Kier alpha value is -1.95. The number of piperidine rings is 1. The third-order valence-electron chi connectivity index (χ3n) is 4.07. The number of fused-ring (bicyclic) bond motifs is 1. The lowest BCUT2D eigenvalue weighted by molar-refractivity contribution is -0.885. The fourth-order valence-electron chi connectivity index (χ4n) is 2.92. The van der Waals surface area contributed by atoms with Gasteiger partial charge in [-0.2, -0.15) is 5.10 Å². The van der Waals surface area contributed by atoms with Gasteiger partial charge >= 0.3 is 0 Å². The lowest BCUT2D eigenvalue weighted by Crippen LogP contribution is -3.10. The first-order valence-corrected chi connectivity index (χ1v) is 6.94. The van der Waals surface area contributed by atoms with Crippen LogP contribution in [0.25, 0.3) is 11.0 Å². The van der Waals surface area contributed by atoms with Gasteiger partial charge in [0.15, 0.2) is 5.65 Å². The molecule has 0 unspecified atom stereocenters. The second kappa shape index (κ2) is 4.86. The number of hydrogen-bond donors (Lipinski definition) is 1. The number of carboxylic acids is 1. The van der Waals surface area contributed by atoms with Gasteiger partial charge in [0.1, 0.15) is 0 Å². The monoisotopic (exact) mass is 274 g/mol. The third kappa shape index (κ3) is 2.16. The Morgan fingerprint density at radius 3 is 2.80 bits per heavy atom. The number of aromatic nitrogens is 3. The van der Waals surface area contributed by atoms with Crippen molar-refractivity contribution in [1.82, 2.24) is 14.8 Å². The summed E-state index contributed by atoms with van der Waals surface area (Å²) in [4.78, 5) is 17.2. The van der Waals surface area contributed by atoms with E-state index < -0.39 is 5.97 Å². The molecule has 0 atom stereocenters. The van der Waals surface area contributed by atoms with Gasteiger partial charge in [-0.25, -0.2) is 9.67 Å². The van der Waals surface area contributed by atoms with Gasteiger partial charge in [-0.3, -0.25) is 0 Å². The molecule has 1 saturated heterocycles. The molecule has 0 saturated carbocycles. The number of nitrogens with zero attached hydrogens (tertiary/aromatic N) is 3. The first-order valence-electron chi connectivity index (χ1n) is 6.94. The van der Waals surface area contributed by atoms with E-state index >= 15 is 0 Å². The zero-order valence-corrected chi connectivity index (χ0v) is 11.7. The van der Waals surface area contributed by atoms with Crippen LogP contribution in [0.1, 0.15) is 34.9 Å². The summed E-state index contributed by atoms with van der Waals surface area (Å²) in [5, 5.41) is 16.2. The number of hydrogen-bond acceptors (Lipinski definition) is 4. The van der Waals surface area contributed by atoms with E-state index in [0.717, 1.165) is 25.9 Å². The molecule has 20 heavy (non-hydrogen) atoms. The van der Waals surface area contributed by atoms with Gasteiger partial charge in [0.2, 0.25) is 0 Å². The van der Waals surface area contributed by atoms with Crippen molar-refractivity contribution in [2.45, 2.75) is 25.8 Å². The molecule has 0 radical (unpaired) electrons. The van der Waals surface area contributed by atoms with Crippen LogP contribution in [0.5, 0.6) is 0 Å². The van der Waals surface area contributed by atoms with E-state index in [4.69, 9.17) is 0 Å². The minimum atomic E-state index is -1.17. The predicted octanol–water partition coefficient (Wildman–Crippen LogP) is -1.05. The van der Waals surface area contributed by atoms with Gasteiger partial charge in [0.25, 0.3) is 0 Å². The second-order valence-electron chi connectivity index (χ2n) is 5.61. The van der Waals surface area contributed by atoms with Crippen molar-refractivity contribution in [2.24, 2.45) is 0 Å². The SMILES string of the molecule is Cc1cc(C(=O)[O-])c2cnn(C3CC[NH+](C)CC3)c2n1. The highest BCUT2D eigenvalue weighted by molar-refractivity contribution is 6.00. The van der Waals surface area contributed by atoms with E-state index in [-0.39, 0.29) is 5.56 Å². The molecule has 6 heteroatoms. The molecule has 6 nitrogen and oxygen atoms in total. The van der Waals surface area contributed by atoms with Crippen LogP contribution in [0.3, 0.4) is 0 Å². The molecule has 0 bridgehead atoms. The first kappa shape index (κ1) is 13.1. The number of rotatable bonds is 2. The van der Waals surface area contributed by atoms with Crippen molar-refractivity contribution in [2.75, 3.05) is 20.1 Å². The van der Waals surface area contributed by atoms with Gasteiger partial charge in [-0.15, -0.1) is 0 Å². The van der Waals surface area contributed by atoms with Crippen LogP contribution >= 0.6 is 0 Å². The molecular weight excluding hydrogens is 256 g/mol. The minimum absolute atomic E-state index is 0.178. The molecular formula is C14H18N4O2. The van der Waals surface area contributed by atoms with Gasteiger partial charge in [0, 0.05) is 29.5 Å². The fourth-order valence-corrected chi connectivity index (χ4v) is 2.92. The molecule has 3 rings (SSSR count). The Morgan fingerprint density at radius 1 is 1.45 bits per heavy atom. The van der Waals surface area contributed by atoms with Crippen molar-refractivity contribution in [1.29, 1.82) is 0 Å². The summed E-state index contributed by atoms with van der Waals surface area (Å²) >= 11 is 0. The number of aromatic carboxylic acids is 1. The summed E-state index contributed by atoms with van der Waals surface area (Å²) in [5.41, 5.74) is 1.52. The normalized spacial score (nSPS) is 23.1. The van der Waals surface area contributed by atoms with Crippen LogP contribution in [-0.4, -0.2) is 40.9 Å². The van der Waals surface area contributed by atoms with Crippen LogP contribution in [-0.2, 0) is 0 Å². The van der Waals surface area contributed by atoms with Gasteiger partial charge < -0.3 is 14.8 Å². The number of carbonyl (C=O) groups excluding carboxylic acids is 1. The topological polar surface area (TPSA) is 75.3 Å². The number of quaternary nitrogens is 1. The summed E-state index contributed by atoms with van der Waals surface area (Å²) in [6, 6.07) is 1.85. The Kier molecular flexibility index (Phi) is 3.17. The number of likely N-dealkylation sites (tertiary alicyclic amines) is 1. The van der Waals surface area contributed by atoms with E-state index in [9.17, 15) is 9.90 Å². The maximum Gasteiger partial charge on any atom is 0.158 e. The van der Waals surface area contributed by atoms with Gasteiger partial charge in [0.05, 0.1) is 38.3 Å². The van der Waals surface area contributed by atoms with Crippen molar-refractivity contribution < 1.29 is 14.8 Å². The Morgan fingerprint density at radius 2 is 2.15 bits per heavy atom. The number of aryl methyl sites for hydroxylation is 1. The molecule has 3 heterocycles. The van der Waals surface area contributed by atoms with Crippen LogP contribution in [0, 0.1) is 6.92 Å². The Balaban J connectivity index is 2.07. The highest BCUT2D eigenvalue weighted by Crippen LogP contribution is 2.24. The molecule has 2 aromatic heterocycles. The molecule has 1 N–H and O–H groups in total. The quantitative estimate of drug-likeness (QED) is 0.758. The molecule has 106 valence electrons. The highest BCUT2D eigenvalue weighted by atomic mass is 16.4. The summed E-state index contributed by atoms with van der Waals surface area (Å²) in [6.45, 7) is 4.00. The van der Waals surface area contributed by atoms with Gasteiger partial charge in [-0.1, -0.05) is 0 Å². The zero-order valence-electron chi connectivity index (χ0n) is 11.7. The highest BCUT2D eigenvalue weighted by Gasteiger charge is 2.24. The standard InChI is InChI=1S/C14H18N4O2/c1-9-7-11(14(19)20)12-8-15-18(13(12)16-9)10-3-5-17(2)6-4-10/h7-8,10H,3-6H2,1-2H3,(H,19,20). The molecule has 2 aromatic rings. The summed E-state index contributed by atoms with van der Waals surface area (Å²) < 4.78 is 1.89. The van der Waals surface area contributed by atoms with E-state index in [1.165, 1.54) is 4.90 Å². The van der Waals surface area contributed by atoms with Crippen molar-refractivity contribution in [3.05, 3.63) is 23.5 Å². The molecule has 1 aliphatic rings. The third-order valence-corrected chi connectivity index (χ3v) is 4.07. The smallest absolute Gasteiger partial charge is 0.158 e. The molecule has 1 fully saturated rings. The average Bonchev–Trinajstić information content (AvgIpc) is 2.82. The van der Waals surface area contributed by atoms with Crippen molar-refractivity contribution in [3.63, 3.8) is 0 Å². The van der Waals surface area contributed by atoms with Crippen LogP contribution < -0.4 is 10.0 Å². The maximum absolute atomic E-state index is 11.2. The van der Waals surface area contributed by atoms with Crippen molar-refractivity contribution in [3.8, 4) is 0 Å². The van der Waals surface area contributed by atoms with Crippen molar-refractivity contribution >= 4 is 17.0 Å². The number of carboxylic acid groups (broad SMARTS) is 1. The fraction of sp³-hybridized carbons (Fsp3) is 0.500. The lowest BCUT2D eigenvalue weighted by atomic mass is 10.1. The first-order chi connectivity index (χ1) is 9.56. The predicted molar refractivity (Wildman–Crippen MR) is 71.5 cm³/mol. The van der Waals surface area contributed by atoms with Gasteiger partial charge in [-0.05, 0) is 13.0 Å². The maximum atomic E-state index is 11.2. The molecule has 0 aromatic carbocycles. The molecule has 0 aliphatic carbocycles. The lowest BCUT2D eigenvalue weighted by Gasteiger charge is -2.26. The number of carbonyl (C=O) groups is 1. The molecule has 1 aliphatic heterocycles. The summed E-state index contributed by atoms with van der Waals surface area (Å²) in [6.07, 6.45) is 3.68. The van der Waals surface area contributed by atoms with Crippen LogP contribution in [0.4, 0.5) is 0 Å². The zero-order chi connectivity index (χ0) is 14.3. The Labute approximate surface area is 117 Å². The minimum Gasteiger partial charge on any atom is -0.545 e. The largest absolute Gasteiger partial charge is 0.545 e. The second-order valence-corrected chi connectivity index (χ2v) is 5.61. The number of pyridine rings is 1.